The standard InChI is InChI=1S/C22H17Cl2NO3S/c23-21(24)19(26)14-6-10-16(11-7-14)25-22(28)20(27)15-8-12-18(13-9-15)29-17-4-2-1-3-5-17/h1-13,21-22,25,28H. The van der Waals surface area contributed by atoms with Gasteiger partial charge in [-0.2, -0.15) is 0 Å². The Morgan fingerprint density at radius 2 is 1.28 bits per heavy atom. The monoisotopic (exact) mass is 445 g/mol. The molecule has 1 atom stereocenters. The maximum atomic E-state index is 12.5. The second-order valence-electron chi connectivity index (χ2n) is 6.09. The quantitative estimate of drug-likeness (QED) is 0.274. The number of ketones is 2. The third kappa shape index (κ3) is 5.84. The zero-order valence-corrected chi connectivity index (χ0v) is 17.4. The van der Waals surface area contributed by atoms with Crippen molar-refractivity contribution in [2.75, 3.05) is 5.32 Å². The Morgan fingerprint density at radius 1 is 0.759 bits per heavy atom. The highest BCUT2D eigenvalue weighted by Crippen LogP contribution is 2.27. The molecule has 0 aliphatic heterocycles. The summed E-state index contributed by atoms with van der Waals surface area (Å²) >= 11 is 12.7. The van der Waals surface area contributed by atoms with E-state index in [1.807, 2.05) is 42.5 Å². The van der Waals surface area contributed by atoms with E-state index in [0.717, 1.165) is 9.79 Å². The van der Waals surface area contributed by atoms with Crippen LogP contribution in [-0.4, -0.2) is 27.7 Å². The molecule has 148 valence electrons. The Morgan fingerprint density at radius 3 is 1.86 bits per heavy atom. The Kier molecular flexibility index (Phi) is 7.34. The minimum Gasteiger partial charge on any atom is -0.367 e. The summed E-state index contributed by atoms with van der Waals surface area (Å²) in [4.78, 5) is 25.2. The van der Waals surface area contributed by atoms with Crippen LogP contribution in [0.2, 0.25) is 0 Å². The van der Waals surface area contributed by atoms with Crippen LogP contribution in [-0.2, 0) is 0 Å². The predicted octanol–water partition coefficient (Wildman–Crippen LogP) is 5.44. The molecule has 1 unspecified atom stereocenters. The number of hydrogen-bond acceptors (Lipinski definition) is 5. The van der Waals surface area contributed by atoms with Gasteiger partial charge in [0.2, 0.25) is 5.78 Å². The van der Waals surface area contributed by atoms with Gasteiger partial charge in [0.05, 0.1) is 0 Å². The lowest BCUT2D eigenvalue weighted by Crippen LogP contribution is -2.29. The maximum Gasteiger partial charge on any atom is 0.211 e. The Balaban J connectivity index is 1.61. The van der Waals surface area contributed by atoms with Gasteiger partial charge in [-0.1, -0.05) is 65.3 Å². The largest absolute Gasteiger partial charge is 0.367 e. The van der Waals surface area contributed by atoms with Gasteiger partial charge in [0.1, 0.15) is 0 Å². The normalized spacial score (nSPS) is 11.9. The highest BCUT2D eigenvalue weighted by Gasteiger charge is 2.18. The number of carbonyl (C=O) groups is 2. The number of rotatable bonds is 8. The van der Waals surface area contributed by atoms with Crippen LogP contribution in [0.3, 0.4) is 0 Å². The van der Waals surface area contributed by atoms with Crippen LogP contribution in [0.25, 0.3) is 0 Å². The molecule has 3 aromatic carbocycles. The van der Waals surface area contributed by atoms with Crippen molar-refractivity contribution >= 4 is 52.2 Å². The molecule has 29 heavy (non-hydrogen) atoms. The van der Waals surface area contributed by atoms with Gasteiger partial charge in [-0.25, -0.2) is 0 Å². The maximum absolute atomic E-state index is 12.5. The molecule has 3 aromatic rings. The van der Waals surface area contributed by atoms with Crippen molar-refractivity contribution in [1.29, 1.82) is 0 Å². The van der Waals surface area contributed by atoms with Crippen molar-refractivity contribution in [2.24, 2.45) is 0 Å². The summed E-state index contributed by atoms with van der Waals surface area (Å²) < 4.78 is 0. The second kappa shape index (κ2) is 9.94. The second-order valence-corrected chi connectivity index (χ2v) is 8.34. The molecule has 7 heteroatoms. The van der Waals surface area contributed by atoms with Crippen LogP contribution >= 0.6 is 35.0 Å². The Bertz CT molecular complexity index is 977. The topological polar surface area (TPSA) is 66.4 Å². The van der Waals surface area contributed by atoms with E-state index < -0.39 is 22.6 Å². The SMILES string of the molecule is O=C(c1ccc(NC(O)C(=O)c2ccc(Sc3ccccc3)cc2)cc1)C(Cl)Cl. The molecular weight excluding hydrogens is 429 g/mol. The van der Waals surface area contributed by atoms with E-state index in [1.165, 1.54) is 12.1 Å². The predicted molar refractivity (Wildman–Crippen MR) is 117 cm³/mol. The summed E-state index contributed by atoms with van der Waals surface area (Å²) in [6.07, 6.45) is -1.42. The lowest BCUT2D eigenvalue weighted by Gasteiger charge is -2.14. The lowest BCUT2D eigenvalue weighted by atomic mass is 10.1. The van der Waals surface area contributed by atoms with Crippen molar-refractivity contribution in [2.45, 2.75) is 20.9 Å². The van der Waals surface area contributed by atoms with Crippen LogP contribution in [0.15, 0.2) is 88.7 Å². The fourth-order valence-electron chi connectivity index (χ4n) is 2.55. The molecule has 0 saturated carbocycles. The molecule has 0 aliphatic rings. The first-order valence-electron chi connectivity index (χ1n) is 8.68. The fourth-order valence-corrected chi connectivity index (χ4v) is 3.64. The summed E-state index contributed by atoms with van der Waals surface area (Å²) in [6, 6.07) is 23.1. The smallest absolute Gasteiger partial charge is 0.211 e. The summed E-state index contributed by atoms with van der Waals surface area (Å²) in [6.45, 7) is 0. The molecule has 0 aromatic heterocycles. The average molecular weight is 446 g/mol. The van der Waals surface area contributed by atoms with Gasteiger partial charge in [0.25, 0.3) is 0 Å². The van der Waals surface area contributed by atoms with Crippen LogP contribution in [0.4, 0.5) is 5.69 Å². The molecule has 4 nitrogen and oxygen atoms in total. The van der Waals surface area contributed by atoms with Crippen molar-refractivity contribution in [1.82, 2.24) is 0 Å². The third-order valence-electron chi connectivity index (χ3n) is 4.04. The molecule has 0 aliphatic carbocycles. The Hall–Kier alpha value is -2.31. The number of aliphatic hydroxyl groups is 1. The van der Waals surface area contributed by atoms with Gasteiger partial charge < -0.3 is 10.4 Å². The van der Waals surface area contributed by atoms with E-state index in [2.05, 4.69) is 5.32 Å². The first kappa shape index (κ1) is 21.4. The van der Waals surface area contributed by atoms with Gasteiger partial charge in [-0.05, 0) is 48.5 Å². The minimum atomic E-state index is -1.42. The van der Waals surface area contributed by atoms with Gasteiger partial charge in [0, 0.05) is 26.6 Å². The van der Waals surface area contributed by atoms with Gasteiger partial charge in [-0.15, -0.1) is 0 Å². The highest BCUT2D eigenvalue weighted by atomic mass is 35.5. The van der Waals surface area contributed by atoms with Crippen molar-refractivity contribution in [3.63, 3.8) is 0 Å². The van der Waals surface area contributed by atoms with Crippen LogP contribution < -0.4 is 5.32 Å². The number of carbonyl (C=O) groups excluding carboxylic acids is 2. The number of alkyl halides is 2. The van der Waals surface area contributed by atoms with Crippen molar-refractivity contribution in [3.05, 3.63) is 90.0 Å². The summed E-state index contributed by atoms with van der Waals surface area (Å²) in [5, 5.41) is 12.9. The molecule has 0 bridgehead atoms. The number of Topliss-reactive ketones (excluding diaryl/α,β-unsaturated/α-hetero) is 2. The molecule has 0 heterocycles. The van der Waals surface area contributed by atoms with E-state index in [-0.39, 0.29) is 0 Å². The van der Waals surface area contributed by atoms with Crippen molar-refractivity contribution < 1.29 is 14.7 Å². The fraction of sp³-hybridized carbons (Fsp3) is 0.0909. The van der Waals surface area contributed by atoms with Gasteiger partial charge >= 0.3 is 0 Å². The zero-order valence-electron chi connectivity index (χ0n) is 15.1. The number of aliphatic hydroxyl groups excluding tert-OH is 1. The number of hydrogen-bond donors (Lipinski definition) is 2. The molecule has 0 amide bonds. The van der Waals surface area contributed by atoms with Crippen LogP contribution in [0, 0.1) is 0 Å². The van der Waals surface area contributed by atoms with E-state index in [4.69, 9.17) is 23.2 Å². The minimum absolute atomic E-state index is 0.345. The molecule has 0 spiro atoms. The molecule has 0 saturated heterocycles. The van der Waals surface area contributed by atoms with Crippen LogP contribution in [0.5, 0.6) is 0 Å². The van der Waals surface area contributed by atoms with E-state index in [0.29, 0.717) is 16.8 Å². The van der Waals surface area contributed by atoms with E-state index in [1.54, 1.807) is 36.0 Å². The third-order valence-corrected chi connectivity index (χ3v) is 5.45. The first-order chi connectivity index (χ1) is 13.9. The zero-order chi connectivity index (χ0) is 20.8. The highest BCUT2D eigenvalue weighted by molar-refractivity contribution is 7.99. The van der Waals surface area contributed by atoms with Gasteiger partial charge in [0.15, 0.2) is 16.8 Å². The molecule has 3 rings (SSSR count). The number of halogens is 2. The lowest BCUT2D eigenvalue weighted by molar-refractivity contribution is 0.0793. The summed E-state index contributed by atoms with van der Waals surface area (Å²) in [7, 11) is 0. The summed E-state index contributed by atoms with van der Waals surface area (Å²) in [5.74, 6) is -0.868. The average Bonchev–Trinajstić information content (AvgIpc) is 2.74. The summed E-state index contributed by atoms with van der Waals surface area (Å²) in [5.41, 5.74) is 1.22. The molecule has 0 radical (unpaired) electrons. The van der Waals surface area contributed by atoms with Crippen LogP contribution in [0.1, 0.15) is 20.7 Å². The van der Waals surface area contributed by atoms with E-state index >= 15 is 0 Å². The van der Waals surface area contributed by atoms with Gasteiger partial charge in [-0.3, -0.25) is 9.59 Å². The molecular formula is C22H17Cl2NO3S. The molecule has 2 N–H and O–H groups in total. The number of anilines is 1. The van der Waals surface area contributed by atoms with E-state index in [9.17, 15) is 14.7 Å². The first-order valence-corrected chi connectivity index (χ1v) is 10.4. The number of nitrogens with one attached hydrogen (secondary N) is 1. The number of benzene rings is 3. The molecule has 0 fully saturated rings. The Labute approximate surface area is 182 Å². The van der Waals surface area contributed by atoms with Crippen molar-refractivity contribution in [3.8, 4) is 0 Å².